The standard InChI is InChI=1S/C24H16F4N4O4/c1-11-17(25)19(27)21(20(28)18(11)26)32(2)23(34)16(10-29-32)31-30-15-8-4-7-14(22(15)33)12-5-3-6-13(9-12)24(35)36/h3-10H,1-2H3,(H2-,29,30,31,33,34,35,36)/p+1. The van der Waals surface area contributed by atoms with Gasteiger partial charge in [0.15, 0.2) is 11.6 Å². The fourth-order valence-electron chi connectivity index (χ4n) is 3.66. The number of para-hydroxylation sites is 1. The number of carbonyl (C=O) groups is 2. The molecule has 36 heavy (non-hydrogen) atoms. The molecule has 0 fully saturated rings. The summed E-state index contributed by atoms with van der Waals surface area (Å²) in [6.45, 7) is 0.852. The summed E-state index contributed by atoms with van der Waals surface area (Å²) < 4.78 is 55.7. The third kappa shape index (κ3) is 3.86. The molecular formula is C24H17F4N4O4+. The Labute approximate surface area is 201 Å². The highest BCUT2D eigenvalue weighted by molar-refractivity contribution is 6.64. The van der Waals surface area contributed by atoms with Crippen LogP contribution in [0.5, 0.6) is 5.75 Å². The molecular weight excluding hydrogens is 484 g/mol. The second-order valence-corrected chi connectivity index (χ2v) is 7.93. The number of aromatic hydroxyl groups is 1. The molecule has 0 saturated heterocycles. The molecule has 1 atom stereocenters. The first-order chi connectivity index (χ1) is 17.0. The Morgan fingerprint density at radius 2 is 1.67 bits per heavy atom. The average Bonchev–Trinajstić information content (AvgIpc) is 3.15. The lowest BCUT2D eigenvalue weighted by atomic mass is 10.0. The van der Waals surface area contributed by atoms with Crippen LogP contribution in [0.2, 0.25) is 0 Å². The van der Waals surface area contributed by atoms with Gasteiger partial charge in [-0.05, 0) is 30.7 Å². The number of carboxylic acid groups (broad SMARTS) is 1. The van der Waals surface area contributed by atoms with Gasteiger partial charge in [-0.3, -0.25) is 5.43 Å². The van der Waals surface area contributed by atoms with E-state index >= 15 is 0 Å². The quantitative estimate of drug-likeness (QED) is 0.156. The van der Waals surface area contributed by atoms with Crippen molar-refractivity contribution in [3.8, 4) is 16.9 Å². The van der Waals surface area contributed by atoms with E-state index in [4.69, 9.17) is 0 Å². The molecule has 12 heteroatoms. The lowest BCUT2D eigenvalue weighted by molar-refractivity contribution is -0.121. The van der Waals surface area contributed by atoms with Gasteiger partial charge in [-0.25, -0.2) is 18.4 Å². The number of nitrogens with one attached hydrogen (secondary N) is 1. The predicted octanol–water partition coefficient (Wildman–Crippen LogP) is 4.55. The Kier molecular flexibility index (Phi) is 6.06. The second kappa shape index (κ2) is 8.89. The number of carboxylic acids is 1. The molecule has 0 aromatic heterocycles. The van der Waals surface area contributed by atoms with Crippen molar-refractivity contribution in [1.29, 1.82) is 0 Å². The number of carbonyl (C=O) groups excluding carboxylic acids is 1. The number of phenolic OH excluding ortho intramolecular Hbond substituents is 1. The fraction of sp³-hybridized carbons (Fsp3) is 0.0833. The van der Waals surface area contributed by atoms with Crippen LogP contribution in [0.1, 0.15) is 15.9 Å². The first-order valence-corrected chi connectivity index (χ1v) is 10.3. The highest BCUT2D eigenvalue weighted by Crippen LogP contribution is 2.37. The topological polar surface area (TPSA) is 111 Å². The molecule has 1 unspecified atom stereocenters. The van der Waals surface area contributed by atoms with Gasteiger partial charge in [0.05, 0.1) is 11.3 Å². The maximum atomic E-state index is 14.5. The molecule has 1 heterocycles. The van der Waals surface area contributed by atoms with Gasteiger partial charge in [0.25, 0.3) is 0 Å². The highest BCUT2D eigenvalue weighted by Gasteiger charge is 2.49. The van der Waals surface area contributed by atoms with E-state index in [1.54, 1.807) is 6.07 Å². The number of aromatic carboxylic acids is 1. The normalized spacial score (nSPS) is 18.2. The van der Waals surface area contributed by atoms with E-state index in [2.05, 4.69) is 15.6 Å². The zero-order valence-corrected chi connectivity index (χ0v) is 18.7. The number of anilines is 1. The van der Waals surface area contributed by atoms with Gasteiger partial charge in [0.2, 0.25) is 23.0 Å². The third-order valence-corrected chi connectivity index (χ3v) is 5.67. The minimum absolute atomic E-state index is 0.00114. The number of hydrazone groups is 1. The molecule has 0 bridgehead atoms. The monoisotopic (exact) mass is 501 g/mol. The van der Waals surface area contributed by atoms with Crippen LogP contribution >= 0.6 is 0 Å². The minimum Gasteiger partial charge on any atom is -0.505 e. The van der Waals surface area contributed by atoms with Crippen LogP contribution in [0, 0.1) is 30.2 Å². The number of benzene rings is 3. The summed E-state index contributed by atoms with van der Waals surface area (Å²) in [5.41, 5.74) is 0.525. The van der Waals surface area contributed by atoms with Gasteiger partial charge in [0, 0.05) is 11.1 Å². The summed E-state index contributed by atoms with van der Waals surface area (Å²) in [5, 5.41) is 27.4. The summed E-state index contributed by atoms with van der Waals surface area (Å²) in [4.78, 5) is 24.2. The van der Waals surface area contributed by atoms with E-state index in [1.807, 2.05) is 0 Å². The van der Waals surface area contributed by atoms with E-state index in [0.29, 0.717) is 5.56 Å². The Balaban J connectivity index is 1.66. The zero-order chi connectivity index (χ0) is 26.4. The van der Waals surface area contributed by atoms with E-state index in [-0.39, 0.29) is 22.6 Å². The van der Waals surface area contributed by atoms with Crippen molar-refractivity contribution >= 4 is 35.2 Å². The summed E-state index contributed by atoms with van der Waals surface area (Å²) in [7, 11) is 0.935. The van der Waals surface area contributed by atoms with Crippen LogP contribution in [0.25, 0.3) is 11.1 Å². The molecule has 0 radical (unpaired) electrons. The van der Waals surface area contributed by atoms with Crippen molar-refractivity contribution in [2.24, 2.45) is 10.2 Å². The molecule has 0 saturated carbocycles. The maximum absolute atomic E-state index is 14.5. The van der Waals surface area contributed by atoms with E-state index in [0.717, 1.165) is 20.2 Å². The van der Waals surface area contributed by atoms with Gasteiger partial charge >= 0.3 is 11.9 Å². The first-order valence-electron chi connectivity index (χ1n) is 10.3. The average molecular weight is 501 g/mol. The molecule has 1 aliphatic rings. The Bertz CT molecular complexity index is 1480. The minimum atomic E-state index is -1.76. The van der Waals surface area contributed by atoms with Crippen molar-refractivity contribution in [2.75, 3.05) is 12.5 Å². The molecule has 1 amide bonds. The summed E-state index contributed by atoms with van der Waals surface area (Å²) in [6.07, 6.45) is 0.862. The number of rotatable bonds is 5. The van der Waals surface area contributed by atoms with Gasteiger partial charge in [0.1, 0.15) is 19.0 Å². The van der Waals surface area contributed by atoms with E-state index < -0.39 is 56.7 Å². The van der Waals surface area contributed by atoms with Crippen LogP contribution in [-0.4, -0.2) is 41.1 Å². The summed E-state index contributed by atoms with van der Waals surface area (Å²) >= 11 is 0. The van der Waals surface area contributed by atoms with E-state index in [1.165, 1.54) is 36.4 Å². The van der Waals surface area contributed by atoms with Gasteiger partial charge in [-0.15, -0.1) is 0 Å². The second-order valence-electron chi connectivity index (χ2n) is 7.93. The largest absolute Gasteiger partial charge is 0.505 e. The van der Waals surface area contributed by atoms with Crippen molar-refractivity contribution < 1.29 is 37.4 Å². The summed E-state index contributed by atoms with van der Waals surface area (Å²) in [6, 6.07) is 10.3. The number of hydrogen-bond donors (Lipinski definition) is 3. The molecule has 3 aromatic rings. The molecule has 0 aliphatic carbocycles. The smallest absolute Gasteiger partial charge is 0.399 e. The summed E-state index contributed by atoms with van der Waals surface area (Å²) in [5.74, 6) is -9.41. The number of halogens is 4. The number of nitrogens with zero attached hydrogens (tertiary/aromatic N) is 3. The van der Waals surface area contributed by atoms with Crippen LogP contribution in [0.4, 0.5) is 28.9 Å². The van der Waals surface area contributed by atoms with Crippen LogP contribution < -0.4 is 10.0 Å². The lowest BCUT2D eigenvalue weighted by Crippen LogP contribution is -2.46. The highest BCUT2D eigenvalue weighted by atomic mass is 19.2. The predicted molar refractivity (Wildman–Crippen MR) is 124 cm³/mol. The number of amides is 1. The Hall–Kier alpha value is -4.58. The van der Waals surface area contributed by atoms with E-state index in [9.17, 15) is 37.4 Å². The SMILES string of the molecule is Cc1c(F)c(F)c([N+]2(C)N=CC(=NNc3cccc(-c4cccc(C(=O)O)c4)c3O)C2=O)c(F)c1F. The first kappa shape index (κ1) is 24.5. The van der Waals surface area contributed by atoms with Gasteiger partial charge < -0.3 is 10.2 Å². The number of phenols is 1. The van der Waals surface area contributed by atoms with Crippen molar-refractivity contribution in [3.63, 3.8) is 0 Å². The molecule has 1 aliphatic heterocycles. The molecule has 0 spiro atoms. The molecule has 4 rings (SSSR count). The fourth-order valence-corrected chi connectivity index (χ4v) is 3.66. The van der Waals surface area contributed by atoms with Crippen LogP contribution in [0.3, 0.4) is 0 Å². The maximum Gasteiger partial charge on any atom is 0.399 e. The van der Waals surface area contributed by atoms with Gasteiger partial charge in [-0.2, -0.15) is 13.9 Å². The molecule has 3 aromatic carbocycles. The van der Waals surface area contributed by atoms with Crippen LogP contribution in [-0.2, 0) is 4.79 Å². The van der Waals surface area contributed by atoms with Crippen molar-refractivity contribution in [3.05, 3.63) is 76.9 Å². The lowest BCUT2D eigenvalue weighted by Gasteiger charge is -2.21. The molecule has 3 N–H and O–H groups in total. The third-order valence-electron chi connectivity index (χ3n) is 5.67. The zero-order valence-electron chi connectivity index (χ0n) is 18.7. The molecule has 8 nitrogen and oxygen atoms in total. The Morgan fingerprint density at radius 1 is 1.03 bits per heavy atom. The van der Waals surface area contributed by atoms with Crippen molar-refractivity contribution in [1.82, 2.24) is 4.59 Å². The number of quaternary nitrogens is 1. The molecule has 184 valence electrons. The van der Waals surface area contributed by atoms with Crippen molar-refractivity contribution in [2.45, 2.75) is 6.92 Å². The van der Waals surface area contributed by atoms with Crippen LogP contribution in [0.15, 0.2) is 52.7 Å². The Morgan fingerprint density at radius 3 is 2.31 bits per heavy atom. The number of hydrogen-bond acceptors (Lipinski definition) is 6. The van der Waals surface area contributed by atoms with Gasteiger partial charge in [-0.1, -0.05) is 34.0 Å².